The summed E-state index contributed by atoms with van der Waals surface area (Å²) in [5.41, 5.74) is -0.368. The molecule has 1 saturated heterocycles. The second kappa shape index (κ2) is 4.28. The van der Waals surface area contributed by atoms with Gasteiger partial charge >= 0.3 is 0 Å². The molecule has 1 rings (SSSR count). The predicted octanol–water partition coefficient (Wildman–Crippen LogP) is 0.579. The highest BCUT2D eigenvalue weighted by molar-refractivity contribution is 5.87. The summed E-state index contributed by atoms with van der Waals surface area (Å²) in [6.07, 6.45) is 0.920. The molecule has 1 heterocycles. The third-order valence-electron chi connectivity index (χ3n) is 3.01. The van der Waals surface area contributed by atoms with Gasteiger partial charge in [-0.1, -0.05) is 6.92 Å². The summed E-state index contributed by atoms with van der Waals surface area (Å²) in [7, 11) is 1.66. The van der Waals surface area contributed by atoms with E-state index in [1.165, 1.54) is 0 Å². The van der Waals surface area contributed by atoms with Crippen LogP contribution in [0.4, 0.5) is 0 Å². The smallest absolute Gasteiger partial charge is 0.243 e. The molecule has 82 valence electrons. The highest BCUT2D eigenvalue weighted by atomic mass is 16.5. The molecule has 1 fully saturated rings. The molecule has 1 N–H and O–H groups in total. The van der Waals surface area contributed by atoms with Crippen molar-refractivity contribution in [2.75, 3.05) is 20.3 Å². The van der Waals surface area contributed by atoms with E-state index in [0.717, 1.165) is 6.42 Å². The quantitative estimate of drug-likeness (QED) is 0.721. The van der Waals surface area contributed by atoms with Gasteiger partial charge in [0.25, 0.3) is 0 Å². The molecule has 4 heteroatoms. The summed E-state index contributed by atoms with van der Waals surface area (Å²) in [6.45, 7) is 7.24. The van der Waals surface area contributed by atoms with Gasteiger partial charge in [-0.2, -0.15) is 0 Å². The van der Waals surface area contributed by atoms with E-state index in [1.807, 2.05) is 25.7 Å². The van der Waals surface area contributed by atoms with Crippen molar-refractivity contribution in [2.24, 2.45) is 0 Å². The molecular formula is C10H20N2O2. The number of nitrogens with one attached hydrogen (secondary N) is 1. The molecule has 2 unspecified atom stereocenters. The van der Waals surface area contributed by atoms with Crippen LogP contribution in [0.3, 0.4) is 0 Å². The molecule has 0 aromatic heterocycles. The zero-order valence-electron chi connectivity index (χ0n) is 9.46. The Morgan fingerprint density at radius 3 is 2.79 bits per heavy atom. The molecule has 0 saturated carbocycles. The van der Waals surface area contributed by atoms with Crippen LogP contribution in [0.15, 0.2) is 0 Å². The van der Waals surface area contributed by atoms with Gasteiger partial charge < -0.3 is 9.64 Å². The van der Waals surface area contributed by atoms with Crippen molar-refractivity contribution in [1.29, 1.82) is 0 Å². The Bertz CT molecular complexity index is 220. The van der Waals surface area contributed by atoms with Gasteiger partial charge in [0, 0.05) is 13.7 Å². The largest absolute Gasteiger partial charge is 0.380 e. The summed E-state index contributed by atoms with van der Waals surface area (Å²) in [4.78, 5) is 13.7. The van der Waals surface area contributed by atoms with Crippen LogP contribution in [0.5, 0.6) is 0 Å². The molecular weight excluding hydrogens is 180 g/mol. The van der Waals surface area contributed by atoms with Crippen LogP contribution in [0, 0.1) is 0 Å². The Morgan fingerprint density at radius 2 is 2.36 bits per heavy atom. The van der Waals surface area contributed by atoms with Gasteiger partial charge in [0.15, 0.2) is 0 Å². The number of carbonyl (C=O) groups excluding carboxylic acids is 1. The number of hydrogen-bond donors (Lipinski definition) is 1. The second-order valence-corrected chi connectivity index (χ2v) is 4.09. The minimum atomic E-state index is -0.368. The SMILES string of the molecule is CCC1(C)NCN(CC(C)OC)C1=O. The van der Waals surface area contributed by atoms with Crippen LogP contribution in [-0.4, -0.2) is 42.8 Å². The van der Waals surface area contributed by atoms with E-state index in [2.05, 4.69) is 5.32 Å². The average molecular weight is 200 g/mol. The van der Waals surface area contributed by atoms with Gasteiger partial charge in [-0.25, -0.2) is 0 Å². The lowest BCUT2D eigenvalue weighted by Gasteiger charge is -2.22. The normalized spacial score (nSPS) is 29.7. The van der Waals surface area contributed by atoms with E-state index in [1.54, 1.807) is 7.11 Å². The van der Waals surface area contributed by atoms with E-state index in [4.69, 9.17) is 4.74 Å². The maximum absolute atomic E-state index is 11.9. The molecule has 0 spiro atoms. The number of methoxy groups -OCH3 is 1. The summed E-state index contributed by atoms with van der Waals surface area (Å²) in [5, 5.41) is 3.23. The van der Waals surface area contributed by atoms with Crippen molar-refractivity contribution in [2.45, 2.75) is 38.8 Å². The molecule has 0 aromatic rings. The van der Waals surface area contributed by atoms with Crippen molar-refractivity contribution >= 4 is 5.91 Å². The summed E-state index contributed by atoms with van der Waals surface area (Å²) in [5.74, 6) is 0.184. The first-order chi connectivity index (χ1) is 6.53. The predicted molar refractivity (Wildman–Crippen MR) is 54.9 cm³/mol. The molecule has 1 aliphatic rings. The van der Waals surface area contributed by atoms with E-state index in [0.29, 0.717) is 13.2 Å². The minimum Gasteiger partial charge on any atom is -0.380 e. The molecule has 2 atom stereocenters. The molecule has 1 aliphatic heterocycles. The third-order valence-corrected chi connectivity index (χ3v) is 3.01. The van der Waals surface area contributed by atoms with Gasteiger partial charge in [-0.15, -0.1) is 0 Å². The van der Waals surface area contributed by atoms with Gasteiger partial charge in [0.2, 0.25) is 5.91 Å². The fourth-order valence-electron chi connectivity index (χ4n) is 1.57. The lowest BCUT2D eigenvalue weighted by Crippen LogP contribution is -2.43. The Hall–Kier alpha value is -0.610. The Kier molecular flexibility index (Phi) is 3.50. The third kappa shape index (κ3) is 2.07. The highest BCUT2D eigenvalue weighted by Crippen LogP contribution is 2.19. The van der Waals surface area contributed by atoms with Crippen LogP contribution in [-0.2, 0) is 9.53 Å². The number of rotatable bonds is 4. The van der Waals surface area contributed by atoms with Crippen molar-refractivity contribution in [3.63, 3.8) is 0 Å². The van der Waals surface area contributed by atoms with Crippen molar-refractivity contribution in [1.82, 2.24) is 10.2 Å². The zero-order valence-corrected chi connectivity index (χ0v) is 9.46. The van der Waals surface area contributed by atoms with Crippen LogP contribution in [0.1, 0.15) is 27.2 Å². The van der Waals surface area contributed by atoms with E-state index in [9.17, 15) is 4.79 Å². The molecule has 0 bridgehead atoms. The van der Waals surface area contributed by atoms with Crippen LogP contribution in [0.2, 0.25) is 0 Å². The lowest BCUT2D eigenvalue weighted by atomic mass is 9.99. The number of carbonyl (C=O) groups is 1. The highest BCUT2D eigenvalue weighted by Gasteiger charge is 2.40. The number of nitrogens with zero attached hydrogens (tertiary/aromatic N) is 1. The standard InChI is InChI=1S/C10H20N2O2/c1-5-10(3)9(13)12(7-11-10)6-8(2)14-4/h8,11H,5-7H2,1-4H3. The van der Waals surface area contributed by atoms with Crippen LogP contribution >= 0.6 is 0 Å². The summed E-state index contributed by atoms with van der Waals surface area (Å²) < 4.78 is 5.14. The first-order valence-corrected chi connectivity index (χ1v) is 5.10. The summed E-state index contributed by atoms with van der Waals surface area (Å²) >= 11 is 0. The fourth-order valence-corrected chi connectivity index (χ4v) is 1.57. The number of hydrogen-bond acceptors (Lipinski definition) is 3. The minimum absolute atomic E-state index is 0.0972. The average Bonchev–Trinajstić information content (AvgIpc) is 2.47. The van der Waals surface area contributed by atoms with E-state index in [-0.39, 0.29) is 17.6 Å². The number of amides is 1. The van der Waals surface area contributed by atoms with Crippen LogP contribution < -0.4 is 5.32 Å². The van der Waals surface area contributed by atoms with Gasteiger partial charge in [-0.3, -0.25) is 10.1 Å². The topological polar surface area (TPSA) is 41.6 Å². The van der Waals surface area contributed by atoms with Crippen LogP contribution in [0.25, 0.3) is 0 Å². The molecule has 0 aromatic carbocycles. The first kappa shape index (κ1) is 11.5. The van der Waals surface area contributed by atoms with Gasteiger partial charge in [0.05, 0.1) is 18.3 Å². The molecule has 0 aliphatic carbocycles. The zero-order chi connectivity index (χ0) is 10.8. The maximum atomic E-state index is 11.9. The Balaban J connectivity index is 2.56. The first-order valence-electron chi connectivity index (χ1n) is 5.10. The maximum Gasteiger partial charge on any atom is 0.243 e. The molecule has 14 heavy (non-hydrogen) atoms. The second-order valence-electron chi connectivity index (χ2n) is 4.09. The molecule has 1 amide bonds. The van der Waals surface area contributed by atoms with Gasteiger partial charge in [0.1, 0.15) is 0 Å². The van der Waals surface area contributed by atoms with Crippen molar-refractivity contribution in [3.8, 4) is 0 Å². The van der Waals surface area contributed by atoms with E-state index < -0.39 is 0 Å². The van der Waals surface area contributed by atoms with E-state index >= 15 is 0 Å². The van der Waals surface area contributed by atoms with Crippen molar-refractivity contribution < 1.29 is 9.53 Å². The summed E-state index contributed by atoms with van der Waals surface area (Å²) in [6, 6.07) is 0. The van der Waals surface area contributed by atoms with Gasteiger partial charge in [-0.05, 0) is 20.3 Å². The Labute approximate surface area is 85.6 Å². The fraction of sp³-hybridized carbons (Fsp3) is 0.900. The molecule has 4 nitrogen and oxygen atoms in total. The number of ether oxygens (including phenoxy) is 1. The van der Waals surface area contributed by atoms with Crippen molar-refractivity contribution in [3.05, 3.63) is 0 Å². The lowest BCUT2D eigenvalue weighted by molar-refractivity contribution is -0.133. The Morgan fingerprint density at radius 1 is 1.71 bits per heavy atom. The molecule has 0 radical (unpaired) electrons. The monoisotopic (exact) mass is 200 g/mol.